The Bertz CT molecular complexity index is 373. The molecule has 1 aromatic rings. The van der Waals surface area contributed by atoms with Gasteiger partial charge in [-0.15, -0.1) is 0 Å². The molecule has 0 heterocycles. The average Bonchev–Trinajstić information content (AvgIpc) is 2.91. The van der Waals surface area contributed by atoms with Crippen LogP contribution in [0.3, 0.4) is 0 Å². The van der Waals surface area contributed by atoms with Gasteiger partial charge >= 0.3 is 0 Å². The summed E-state index contributed by atoms with van der Waals surface area (Å²) in [4.78, 5) is 0. The summed E-state index contributed by atoms with van der Waals surface area (Å²) in [5, 5.41) is 3.53. The molecule has 3 heteroatoms. The number of ether oxygens (including phenoxy) is 2. The average molecular weight is 249 g/mol. The van der Waals surface area contributed by atoms with Crippen molar-refractivity contribution in [2.45, 2.75) is 32.2 Å². The van der Waals surface area contributed by atoms with E-state index in [0.717, 1.165) is 36.1 Å². The van der Waals surface area contributed by atoms with Gasteiger partial charge in [-0.2, -0.15) is 0 Å². The number of hydrogen-bond donors (Lipinski definition) is 1. The number of methoxy groups -OCH3 is 2. The molecule has 0 aliphatic heterocycles. The summed E-state index contributed by atoms with van der Waals surface area (Å²) in [5.41, 5.74) is 1.16. The molecule has 1 aliphatic rings. The van der Waals surface area contributed by atoms with Crippen molar-refractivity contribution in [2.75, 3.05) is 20.8 Å². The van der Waals surface area contributed by atoms with Crippen LogP contribution in [0, 0.1) is 5.92 Å². The molecule has 1 saturated carbocycles. The van der Waals surface area contributed by atoms with Crippen molar-refractivity contribution >= 4 is 0 Å². The first-order valence-electron chi connectivity index (χ1n) is 6.75. The first kappa shape index (κ1) is 13.2. The predicted octanol–water partition coefficient (Wildman–Crippen LogP) is 2.98. The number of para-hydroxylation sites is 1. The second kappa shape index (κ2) is 6.64. The number of rotatable bonds is 6. The highest BCUT2D eigenvalue weighted by Gasteiger charge is 2.15. The highest BCUT2D eigenvalue weighted by molar-refractivity contribution is 5.46. The maximum atomic E-state index is 5.42. The predicted molar refractivity (Wildman–Crippen MR) is 73.2 cm³/mol. The van der Waals surface area contributed by atoms with Crippen molar-refractivity contribution in [1.29, 1.82) is 0 Å². The standard InChI is InChI=1S/C15H23NO2/c1-17-14-9-5-8-13(15(14)18-2)11-16-10-12-6-3-4-7-12/h5,8-9,12,16H,3-4,6-7,10-11H2,1-2H3. The number of hydrogen-bond acceptors (Lipinski definition) is 3. The highest BCUT2D eigenvalue weighted by Crippen LogP contribution is 2.30. The SMILES string of the molecule is COc1cccc(CNCC2CCCC2)c1OC. The maximum Gasteiger partial charge on any atom is 0.165 e. The molecule has 0 radical (unpaired) electrons. The molecule has 0 saturated heterocycles. The van der Waals surface area contributed by atoms with E-state index in [0.29, 0.717) is 0 Å². The Hall–Kier alpha value is -1.22. The van der Waals surface area contributed by atoms with Gasteiger partial charge in [0.25, 0.3) is 0 Å². The zero-order chi connectivity index (χ0) is 12.8. The summed E-state index contributed by atoms with van der Waals surface area (Å²) < 4.78 is 10.7. The molecule has 1 N–H and O–H groups in total. The second-order valence-corrected chi connectivity index (χ2v) is 4.93. The smallest absolute Gasteiger partial charge is 0.165 e. The molecule has 0 atom stereocenters. The van der Waals surface area contributed by atoms with E-state index in [4.69, 9.17) is 9.47 Å². The Labute approximate surface area is 109 Å². The third-order valence-electron chi connectivity index (χ3n) is 3.71. The van der Waals surface area contributed by atoms with Gasteiger partial charge in [0.15, 0.2) is 11.5 Å². The topological polar surface area (TPSA) is 30.5 Å². The molecule has 1 fully saturated rings. The lowest BCUT2D eigenvalue weighted by Crippen LogP contribution is -2.21. The first-order chi connectivity index (χ1) is 8.85. The molecule has 3 nitrogen and oxygen atoms in total. The molecule has 0 aromatic heterocycles. The third-order valence-corrected chi connectivity index (χ3v) is 3.71. The fraction of sp³-hybridized carbons (Fsp3) is 0.600. The molecular weight excluding hydrogens is 226 g/mol. The van der Waals surface area contributed by atoms with Crippen LogP contribution in [-0.4, -0.2) is 20.8 Å². The number of benzene rings is 1. The molecule has 0 bridgehead atoms. The Morgan fingerprint density at radius 1 is 1.17 bits per heavy atom. The van der Waals surface area contributed by atoms with Crippen molar-refractivity contribution in [3.05, 3.63) is 23.8 Å². The van der Waals surface area contributed by atoms with Crippen LogP contribution >= 0.6 is 0 Å². The Kier molecular flexibility index (Phi) is 4.88. The molecule has 0 amide bonds. The van der Waals surface area contributed by atoms with Gasteiger partial charge < -0.3 is 14.8 Å². The molecule has 0 spiro atoms. The molecular formula is C15H23NO2. The van der Waals surface area contributed by atoms with Crippen LogP contribution in [0.4, 0.5) is 0 Å². The molecule has 1 aromatic carbocycles. The fourth-order valence-electron chi connectivity index (χ4n) is 2.72. The zero-order valence-electron chi connectivity index (χ0n) is 11.4. The molecule has 1 aliphatic carbocycles. The summed E-state index contributed by atoms with van der Waals surface area (Å²) in [6.45, 7) is 1.96. The van der Waals surface area contributed by atoms with Gasteiger partial charge in [0.2, 0.25) is 0 Å². The van der Waals surface area contributed by atoms with E-state index < -0.39 is 0 Å². The minimum Gasteiger partial charge on any atom is -0.493 e. The summed E-state index contributed by atoms with van der Waals surface area (Å²) in [7, 11) is 3.37. The van der Waals surface area contributed by atoms with Crippen LogP contribution in [0.15, 0.2) is 18.2 Å². The molecule has 0 unspecified atom stereocenters. The Morgan fingerprint density at radius 2 is 1.94 bits per heavy atom. The van der Waals surface area contributed by atoms with E-state index in [-0.39, 0.29) is 0 Å². The van der Waals surface area contributed by atoms with E-state index in [1.165, 1.54) is 25.7 Å². The minimum absolute atomic E-state index is 0.803. The van der Waals surface area contributed by atoms with Gasteiger partial charge in [-0.05, 0) is 31.4 Å². The van der Waals surface area contributed by atoms with E-state index >= 15 is 0 Å². The van der Waals surface area contributed by atoms with Crippen LogP contribution in [0.1, 0.15) is 31.2 Å². The maximum absolute atomic E-state index is 5.42. The van der Waals surface area contributed by atoms with Crippen LogP contribution in [-0.2, 0) is 6.54 Å². The fourth-order valence-corrected chi connectivity index (χ4v) is 2.72. The lowest BCUT2D eigenvalue weighted by molar-refractivity contribution is 0.350. The summed E-state index contributed by atoms with van der Waals surface area (Å²) >= 11 is 0. The summed E-state index contributed by atoms with van der Waals surface area (Å²) in [6.07, 6.45) is 5.55. The lowest BCUT2D eigenvalue weighted by atomic mass is 10.1. The quantitative estimate of drug-likeness (QED) is 0.840. The Balaban J connectivity index is 1.91. The normalized spacial score (nSPS) is 15.9. The van der Waals surface area contributed by atoms with Crippen molar-refractivity contribution in [2.24, 2.45) is 5.92 Å². The number of nitrogens with one attached hydrogen (secondary N) is 1. The first-order valence-corrected chi connectivity index (χ1v) is 6.75. The van der Waals surface area contributed by atoms with E-state index in [2.05, 4.69) is 11.4 Å². The minimum atomic E-state index is 0.803. The van der Waals surface area contributed by atoms with E-state index in [1.807, 2.05) is 12.1 Å². The Morgan fingerprint density at radius 3 is 2.61 bits per heavy atom. The zero-order valence-corrected chi connectivity index (χ0v) is 11.4. The van der Waals surface area contributed by atoms with E-state index in [9.17, 15) is 0 Å². The van der Waals surface area contributed by atoms with Crippen LogP contribution in [0.2, 0.25) is 0 Å². The van der Waals surface area contributed by atoms with Crippen LogP contribution in [0.25, 0.3) is 0 Å². The molecule has 2 rings (SSSR count). The molecule has 100 valence electrons. The van der Waals surface area contributed by atoms with Gasteiger partial charge in [-0.1, -0.05) is 25.0 Å². The van der Waals surface area contributed by atoms with Gasteiger partial charge in [-0.25, -0.2) is 0 Å². The highest BCUT2D eigenvalue weighted by atomic mass is 16.5. The lowest BCUT2D eigenvalue weighted by Gasteiger charge is -2.14. The van der Waals surface area contributed by atoms with Gasteiger partial charge in [0.1, 0.15) is 0 Å². The van der Waals surface area contributed by atoms with E-state index in [1.54, 1.807) is 14.2 Å². The van der Waals surface area contributed by atoms with Gasteiger partial charge in [-0.3, -0.25) is 0 Å². The third kappa shape index (κ3) is 3.16. The van der Waals surface area contributed by atoms with Crippen molar-refractivity contribution in [1.82, 2.24) is 5.32 Å². The molecule has 18 heavy (non-hydrogen) atoms. The largest absolute Gasteiger partial charge is 0.493 e. The van der Waals surface area contributed by atoms with Gasteiger partial charge in [0.05, 0.1) is 14.2 Å². The van der Waals surface area contributed by atoms with Crippen molar-refractivity contribution in [3.8, 4) is 11.5 Å². The van der Waals surface area contributed by atoms with Crippen LogP contribution < -0.4 is 14.8 Å². The summed E-state index contributed by atoms with van der Waals surface area (Å²) in [6, 6.07) is 6.02. The second-order valence-electron chi connectivity index (χ2n) is 4.93. The van der Waals surface area contributed by atoms with Crippen molar-refractivity contribution in [3.63, 3.8) is 0 Å². The van der Waals surface area contributed by atoms with Crippen LogP contribution in [0.5, 0.6) is 11.5 Å². The monoisotopic (exact) mass is 249 g/mol. The van der Waals surface area contributed by atoms with Gasteiger partial charge in [0, 0.05) is 12.1 Å². The van der Waals surface area contributed by atoms with Crippen molar-refractivity contribution < 1.29 is 9.47 Å². The summed E-state index contributed by atoms with van der Waals surface area (Å²) in [5.74, 6) is 2.51.